The Labute approximate surface area is 129 Å². The summed E-state index contributed by atoms with van der Waals surface area (Å²) in [5, 5.41) is 7.00. The number of carbonyl (C=O) groups excluding carboxylic acids is 1. The number of aliphatic hydroxyl groups is 1. The summed E-state index contributed by atoms with van der Waals surface area (Å²) >= 11 is 0. The molecule has 2 aromatic rings. The predicted molar refractivity (Wildman–Crippen MR) is 83.4 cm³/mol. The molecule has 0 spiro atoms. The Kier molecular flexibility index (Phi) is 5.52. The highest BCUT2D eigenvalue weighted by Crippen LogP contribution is 2.44. The van der Waals surface area contributed by atoms with Gasteiger partial charge in [-0.25, -0.2) is 4.79 Å². The molecule has 0 aliphatic heterocycles. The third-order valence-electron chi connectivity index (χ3n) is 3.53. The van der Waals surface area contributed by atoms with Gasteiger partial charge in [-0.1, -0.05) is 48.5 Å². The molecule has 0 radical (unpaired) electrons. The van der Waals surface area contributed by atoms with Crippen LogP contribution in [0, 0.1) is 0 Å². The summed E-state index contributed by atoms with van der Waals surface area (Å²) in [6, 6.07) is 16.4. The lowest BCUT2D eigenvalue weighted by Crippen LogP contribution is -2.24. The lowest BCUT2D eigenvalue weighted by molar-refractivity contribution is 0.0574. The molecular weight excluding hydrogens is 282 g/mol. The molecule has 0 saturated carbocycles. The van der Waals surface area contributed by atoms with E-state index in [1.54, 1.807) is 0 Å². The molecule has 5 nitrogen and oxygen atoms in total. The van der Waals surface area contributed by atoms with Gasteiger partial charge < -0.3 is 9.84 Å². The molecule has 5 heteroatoms. The minimum Gasteiger partial charge on any atom is -0.447 e. The number of carbonyl (C=O) groups is 1. The van der Waals surface area contributed by atoms with E-state index in [-0.39, 0.29) is 5.92 Å². The Bertz CT molecular complexity index is 597. The van der Waals surface area contributed by atoms with Gasteiger partial charge in [-0.15, -0.1) is 0 Å². The fourth-order valence-corrected chi connectivity index (χ4v) is 2.71. The second-order valence-corrected chi connectivity index (χ2v) is 4.63. The Morgan fingerprint density at radius 3 is 2.05 bits per heavy atom. The lowest BCUT2D eigenvalue weighted by atomic mass is 9.98. The van der Waals surface area contributed by atoms with Crippen molar-refractivity contribution in [3.05, 3.63) is 59.7 Å². The summed E-state index contributed by atoms with van der Waals surface area (Å²) in [4.78, 5) is 15.9. The van der Waals surface area contributed by atoms with E-state index >= 15 is 0 Å². The number of aliphatic hydroxyl groups excluding tert-OH is 1. The number of nitrogens with one attached hydrogen (secondary N) is 1. The third kappa shape index (κ3) is 3.10. The topological polar surface area (TPSA) is 67.8 Å². The summed E-state index contributed by atoms with van der Waals surface area (Å²) < 4.78 is 5.21. The van der Waals surface area contributed by atoms with Crippen molar-refractivity contribution < 1.29 is 19.5 Å². The largest absolute Gasteiger partial charge is 0.447 e. The van der Waals surface area contributed by atoms with Gasteiger partial charge in [0.1, 0.15) is 6.61 Å². The van der Waals surface area contributed by atoms with Crippen molar-refractivity contribution in [2.45, 2.75) is 5.92 Å². The minimum absolute atomic E-state index is 0.0741. The Morgan fingerprint density at radius 2 is 1.55 bits per heavy atom. The van der Waals surface area contributed by atoms with E-state index < -0.39 is 6.09 Å². The molecule has 3 rings (SSSR count). The van der Waals surface area contributed by atoms with Crippen LogP contribution < -0.4 is 5.48 Å². The summed E-state index contributed by atoms with van der Waals surface area (Å²) in [6.45, 7) is 0.295. The number of benzene rings is 2. The summed E-state index contributed by atoms with van der Waals surface area (Å²) in [7, 11) is 2.38. The van der Waals surface area contributed by atoms with Crippen LogP contribution in [0.2, 0.25) is 0 Å². The molecule has 1 aliphatic carbocycles. The number of hydrogen-bond acceptors (Lipinski definition) is 4. The van der Waals surface area contributed by atoms with Crippen LogP contribution in [0.1, 0.15) is 17.0 Å². The number of amides is 1. The number of hydroxylamine groups is 1. The van der Waals surface area contributed by atoms with E-state index in [1.165, 1.54) is 29.4 Å². The quantitative estimate of drug-likeness (QED) is 0.855. The van der Waals surface area contributed by atoms with E-state index in [0.717, 1.165) is 7.11 Å². The van der Waals surface area contributed by atoms with Crippen LogP contribution >= 0.6 is 0 Å². The average molecular weight is 301 g/mol. The molecule has 22 heavy (non-hydrogen) atoms. The molecule has 116 valence electrons. The number of rotatable bonds is 3. The van der Waals surface area contributed by atoms with Crippen LogP contribution in [-0.2, 0) is 9.57 Å². The maximum atomic E-state index is 11.4. The number of ether oxygens (including phenoxy) is 1. The average Bonchev–Trinajstić information content (AvgIpc) is 2.89. The van der Waals surface area contributed by atoms with Crippen molar-refractivity contribution in [1.29, 1.82) is 0 Å². The summed E-state index contributed by atoms with van der Waals surface area (Å²) in [6.07, 6.45) is -0.575. The van der Waals surface area contributed by atoms with Gasteiger partial charge in [0.2, 0.25) is 0 Å². The molecule has 0 saturated heterocycles. The normalized spacial score (nSPS) is 11.8. The minimum atomic E-state index is -0.575. The van der Waals surface area contributed by atoms with Gasteiger partial charge in [0.05, 0.1) is 7.11 Å². The van der Waals surface area contributed by atoms with Gasteiger partial charge in [0, 0.05) is 13.0 Å². The molecule has 2 N–H and O–H groups in total. The van der Waals surface area contributed by atoms with Gasteiger partial charge in [-0.3, -0.25) is 4.84 Å². The van der Waals surface area contributed by atoms with Crippen LogP contribution in [-0.4, -0.2) is 32.0 Å². The summed E-state index contributed by atoms with van der Waals surface area (Å²) in [5.74, 6) is 0.0741. The zero-order chi connectivity index (χ0) is 15.9. The van der Waals surface area contributed by atoms with E-state index in [4.69, 9.17) is 9.84 Å². The van der Waals surface area contributed by atoms with Gasteiger partial charge >= 0.3 is 6.09 Å². The number of fused-ring (bicyclic) bond motifs is 3. The molecule has 0 heterocycles. The highest BCUT2D eigenvalue weighted by Gasteiger charge is 2.28. The SMILES string of the molecule is CO.CONC(=O)OCC1c2ccccc2-c2ccccc21. The first-order valence-electron chi connectivity index (χ1n) is 6.90. The molecule has 0 bridgehead atoms. The van der Waals surface area contributed by atoms with Gasteiger partial charge in [0.15, 0.2) is 0 Å². The molecule has 1 aliphatic rings. The highest BCUT2D eigenvalue weighted by atomic mass is 16.7. The van der Waals surface area contributed by atoms with Gasteiger partial charge in [0.25, 0.3) is 0 Å². The van der Waals surface area contributed by atoms with Crippen LogP contribution in [0.3, 0.4) is 0 Å². The molecule has 0 atom stereocenters. The molecular formula is C17H19NO4. The van der Waals surface area contributed by atoms with Crippen LogP contribution in [0.15, 0.2) is 48.5 Å². The van der Waals surface area contributed by atoms with E-state index in [0.29, 0.717) is 6.61 Å². The fourth-order valence-electron chi connectivity index (χ4n) is 2.71. The van der Waals surface area contributed by atoms with Crippen molar-refractivity contribution in [3.8, 4) is 11.1 Å². The number of hydrogen-bond donors (Lipinski definition) is 2. The van der Waals surface area contributed by atoms with E-state index in [1.807, 2.05) is 24.3 Å². The second kappa shape index (κ2) is 7.59. The van der Waals surface area contributed by atoms with E-state index in [9.17, 15) is 4.79 Å². The predicted octanol–water partition coefficient (Wildman–Crippen LogP) is 2.70. The lowest BCUT2D eigenvalue weighted by Gasteiger charge is -2.13. The van der Waals surface area contributed by atoms with Crippen molar-refractivity contribution in [2.24, 2.45) is 0 Å². The fraction of sp³-hybridized carbons (Fsp3) is 0.235. The standard InChI is InChI=1S/C16H15NO3.CH4O/c1-19-17-16(18)20-10-15-13-8-4-2-6-11(13)12-7-3-5-9-14(12)15;1-2/h2-9,15H,10H2,1H3,(H,17,18);2H,1H3. The molecule has 0 unspecified atom stereocenters. The first-order chi connectivity index (χ1) is 10.8. The zero-order valence-corrected chi connectivity index (χ0v) is 12.6. The van der Waals surface area contributed by atoms with Crippen molar-refractivity contribution in [2.75, 3.05) is 20.8 Å². The first kappa shape index (κ1) is 16.0. The van der Waals surface area contributed by atoms with Crippen LogP contribution in [0.4, 0.5) is 4.79 Å². The Hall–Kier alpha value is -2.37. The van der Waals surface area contributed by atoms with Crippen molar-refractivity contribution in [1.82, 2.24) is 5.48 Å². The van der Waals surface area contributed by atoms with E-state index in [2.05, 4.69) is 34.6 Å². The van der Waals surface area contributed by atoms with Gasteiger partial charge in [-0.2, -0.15) is 5.48 Å². The van der Waals surface area contributed by atoms with Crippen molar-refractivity contribution in [3.63, 3.8) is 0 Å². The Balaban J connectivity index is 0.000000847. The maximum absolute atomic E-state index is 11.4. The van der Waals surface area contributed by atoms with Crippen LogP contribution in [0.25, 0.3) is 11.1 Å². The van der Waals surface area contributed by atoms with Gasteiger partial charge in [-0.05, 0) is 22.3 Å². The molecule has 2 aromatic carbocycles. The summed E-state index contributed by atoms with van der Waals surface area (Å²) in [5.41, 5.74) is 6.97. The maximum Gasteiger partial charge on any atom is 0.431 e. The van der Waals surface area contributed by atoms with Crippen LogP contribution in [0.5, 0.6) is 0 Å². The second-order valence-electron chi connectivity index (χ2n) is 4.63. The third-order valence-corrected chi connectivity index (χ3v) is 3.53. The molecule has 1 amide bonds. The highest BCUT2D eigenvalue weighted by molar-refractivity contribution is 5.79. The Morgan fingerprint density at radius 1 is 1.05 bits per heavy atom. The smallest absolute Gasteiger partial charge is 0.431 e. The zero-order valence-electron chi connectivity index (χ0n) is 12.6. The molecule has 0 fully saturated rings. The van der Waals surface area contributed by atoms with Crippen molar-refractivity contribution >= 4 is 6.09 Å². The molecule has 0 aromatic heterocycles. The first-order valence-corrected chi connectivity index (χ1v) is 6.90. The monoisotopic (exact) mass is 301 g/mol.